The maximum atomic E-state index is 14.5. The second-order valence-electron chi connectivity index (χ2n) is 10.6. The lowest BCUT2D eigenvalue weighted by molar-refractivity contribution is -0.139. The number of aromatic amines is 1. The number of hydrogen-bond donors (Lipinski definition) is 2. The van der Waals surface area contributed by atoms with Gasteiger partial charge in [0, 0.05) is 40.3 Å². The summed E-state index contributed by atoms with van der Waals surface area (Å²) in [5.74, 6) is -1.69. The van der Waals surface area contributed by atoms with Crippen LogP contribution in [0.4, 0.5) is 11.4 Å². The fourth-order valence-electron chi connectivity index (χ4n) is 5.61. The van der Waals surface area contributed by atoms with E-state index in [0.717, 1.165) is 15.8 Å². The molecular formula is C35H29ClN4O6. The number of ether oxygens (including phenoxy) is 2. The van der Waals surface area contributed by atoms with Crippen LogP contribution in [-0.4, -0.2) is 54.2 Å². The maximum Gasteiger partial charge on any atom is 0.299 e. The molecule has 0 saturated carbocycles. The van der Waals surface area contributed by atoms with Gasteiger partial charge < -0.3 is 24.7 Å². The predicted octanol–water partition coefficient (Wildman–Crippen LogP) is 5.78. The molecule has 10 nitrogen and oxygen atoms in total. The van der Waals surface area contributed by atoms with Crippen LogP contribution < -0.4 is 19.7 Å². The number of aromatic nitrogens is 1. The predicted molar refractivity (Wildman–Crippen MR) is 174 cm³/mol. The van der Waals surface area contributed by atoms with Crippen LogP contribution in [0, 0.1) is 0 Å². The molecule has 1 atom stereocenters. The zero-order chi connectivity index (χ0) is 32.4. The van der Waals surface area contributed by atoms with Crippen LogP contribution >= 0.6 is 11.6 Å². The van der Waals surface area contributed by atoms with Crippen LogP contribution in [0.1, 0.15) is 27.5 Å². The Morgan fingerprint density at radius 3 is 2.43 bits per heavy atom. The minimum Gasteiger partial charge on any atom is -0.497 e. The van der Waals surface area contributed by atoms with Crippen molar-refractivity contribution in [1.82, 2.24) is 9.88 Å². The molecule has 2 N–H and O–H groups in total. The lowest BCUT2D eigenvalue weighted by atomic mass is 10.0. The van der Waals surface area contributed by atoms with E-state index in [4.69, 9.17) is 21.1 Å². The van der Waals surface area contributed by atoms with E-state index in [1.54, 1.807) is 72.9 Å². The number of rotatable bonds is 10. The topological polar surface area (TPSA) is 121 Å². The van der Waals surface area contributed by atoms with Crippen LogP contribution in [0.5, 0.6) is 11.5 Å². The number of ketones is 1. The molecule has 1 aromatic heterocycles. The van der Waals surface area contributed by atoms with Gasteiger partial charge in [-0.05, 0) is 48.0 Å². The molecule has 0 spiro atoms. The Hall–Kier alpha value is -5.61. The number of benzene rings is 4. The molecule has 46 heavy (non-hydrogen) atoms. The van der Waals surface area contributed by atoms with E-state index in [-0.39, 0.29) is 12.1 Å². The van der Waals surface area contributed by atoms with Gasteiger partial charge in [0.1, 0.15) is 24.1 Å². The lowest BCUT2D eigenvalue weighted by Gasteiger charge is -2.32. The Balaban J connectivity index is 1.45. The number of carbonyl (C=O) groups excluding carboxylic acids is 4. The first-order valence-corrected chi connectivity index (χ1v) is 14.7. The number of nitrogens with one attached hydrogen (secondary N) is 2. The molecule has 11 heteroatoms. The molecule has 6 rings (SSSR count). The highest BCUT2D eigenvalue weighted by atomic mass is 35.5. The second-order valence-corrected chi connectivity index (χ2v) is 11.1. The molecule has 2 heterocycles. The van der Waals surface area contributed by atoms with Gasteiger partial charge in [0.05, 0.1) is 31.2 Å². The van der Waals surface area contributed by atoms with Crippen LogP contribution in [0.3, 0.4) is 0 Å². The Kier molecular flexibility index (Phi) is 8.45. The number of methoxy groups -OCH3 is 2. The van der Waals surface area contributed by atoms with Crippen molar-refractivity contribution in [2.45, 2.75) is 12.6 Å². The third-order valence-corrected chi connectivity index (χ3v) is 8.15. The summed E-state index contributed by atoms with van der Waals surface area (Å²) >= 11 is 6.16. The number of para-hydroxylation sites is 2. The fourth-order valence-corrected chi connectivity index (χ4v) is 5.74. The second kappa shape index (κ2) is 12.8. The standard InChI is InChI=1S/C35H29ClN4O6/c1-45-23-15-16-28(30(17-23)46-2)38-34(43)32(26-18-37-27-9-5-3-7-24(26)27)40(19-21-11-13-22(36)14-12-21)31(41)20-39-29-10-6-4-8-25(29)33(42)35(39)44/h3-18,32,37H,19-20H2,1-2H3,(H,38,43). The van der Waals surface area contributed by atoms with E-state index in [1.165, 1.54) is 19.1 Å². The normalized spacial score (nSPS) is 13.0. The summed E-state index contributed by atoms with van der Waals surface area (Å²) in [5.41, 5.74) is 2.93. The summed E-state index contributed by atoms with van der Waals surface area (Å²) in [6.45, 7) is -0.474. The van der Waals surface area contributed by atoms with Gasteiger partial charge in [0.2, 0.25) is 5.91 Å². The van der Waals surface area contributed by atoms with Gasteiger partial charge in [0.25, 0.3) is 17.6 Å². The van der Waals surface area contributed by atoms with Crippen molar-refractivity contribution >= 4 is 57.4 Å². The highest BCUT2D eigenvalue weighted by Gasteiger charge is 2.40. The molecule has 0 saturated heterocycles. The average Bonchev–Trinajstić information content (AvgIpc) is 3.60. The van der Waals surface area contributed by atoms with Gasteiger partial charge in [-0.2, -0.15) is 0 Å². The number of hydrogen-bond acceptors (Lipinski definition) is 6. The summed E-state index contributed by atoms with van der Waals surface area (Å²) in [6.07, 6.45) is 1.70. The largest absolute Gasteiger partial charge is 0.497 e. The minimum absolute atomic E-state index is 0.00896. The van der Waals surface area contributed by atoms with Crippen molar-refractivity contribution in [3.63, 3.8) is 0 Å². The SMILES string of the molecule is COc1ccc(NC(=O)C(c2c[nH]c3ccccc23)N(Cc2ccc(Cl)cc2)C(=O)CN2C(=O)C(=O)c3ccccc32)c(OC)c1. The lowest BCUT2D eigenvalue weighted by Crippen LogP contribution is -2.46. The van der Waals surface area contributed by atoms with Crippen molar-refractivity contribution in [3.05, 3.63) is 119 Å². The van der Waals surface area contributed by atoms with Crippen LogP contribution in [0.15, 0.2) is 97.2 Å². The van der Waals surface area contributed by atoms with Gasteiger partial charge in [-0.25, -0.2) is 0 Å². The molecular weight excluding hydrogens is 608 g/mol. The zero-order valence-electron chi connectivity index (χ0n) is 25.0. The number of nitrogens with zero attached hydrogens (tertiary/aromatic N) is 2. The van der Waals surface area contributed by atoms with Gasteiger partial charge in [-0.15, -0.1) is 0 Å². The first kappa shape index (κ1) is 30.4. The maximum absolute atomic E-state index is 14.5. The van der Waals surface area contributed by atoms with E-state index in [0.29, 0.717) is 39.0 Å². The molecule has 0 fully saturated rings. The Morgan fingerprint density at radius 1 is 0.935 bits per heavy atom. The summed E-state index contributed by atoms with van der Waals surface area (Å²) < 4.78 is 10.8. The number of amides is 3. The number of halogens is 1. The number of fused-ring (bicyclic) bond motifs is 2. The van der Waals surface area contributed by atoms with E-state index in [2.05, 4.69) is 10.3 Å². The minimum atomic E-state index is -1.19. The van der Waals surface area contributed by atoms with Crippen molar-refractivity contribution in [1.29, 1.82) is 0 Å². The Labute approximate surface area is 269 Å². The molecule has 3 amide bonds. The van der Waals surface area contributed by atoms with Crippen LogP contribution in [0.25, 0.3) is 10.9 Å². The highest BCUT2D eigenvalue weighted by molar-refractivity contribution is 6.52. The molecule has 1 aliphatic heterocycles. The summed E-state index contributed by atoms with van der Waals surface area (Å²) in [7, 11) is 3.00. The zero-order valence-corrected chi connectivity index (χ0v) is 25.7. The fraction of sp³-hybridized carbons (Fsp3) is 0.143. The number of H-pyrrole nitrogens is 1. The Morgan fingerprint density at radius 2 is 1.67 bits per heavy atom. The van der Waals surface area contributed by atoms with Crippen molar-refractivity contribution in [3.8, 4) is 11.5 Å². The molecule has 1 aliphatic rings. The van der Waals surface area contributed by atoms with Gasteiger partial charge in [0.15, 0.2) is 0 Å². The average molecular weight is 637 g/mol. The van der Waals surface area contributed by atoms with Crippen molar-refractivity contribution < 1.29 is 28.7 Å². The summed E-state index contributed by atoms with van der Waals surface area (Å²) in [4.78, 5) is 60.5. The smallest absolute Gasteiger partial charge is 0.299 e. The van der Waals surface area contributed by atoms with Gasteiger partial charge in [-0.1, -0.05) is 54.1 Å². The molecule has 4 aromatic carbocycles. The Bertz CT molecular complexity index is 1970. The van der Waals surface area contributed by atoms with Crippen LogP contribution in [0.2, 0.25) is 5.02 Å². The van der Waals surface area contributed by atoms with Crippen molar-refractivity contribution in [2.75, 3.05) is 31.0 Å². The molecule has 232 valence electrons. The highest BCUT2D eigenvalue weighted by Crippen LogP contribution is 2.35. The summed E-state index contributed by atoms with van der Waals surface area (Å²) in [5, 5.41) is 4.18. The molecule has 0 radical (unpaired) electrons. The summed E-state index contributed by atoms with van der Waals surface area (Å²) in [6, 6.07) is 24.7. The van der Waals surface area contributed by atoms with E-state index in [9.17, 15) is 19.2 Å². The van der Waals surface area contributed by atoms with Crippen molar-refractivity contribution in [2.24, 2.45) is 0 Å². The quantitative estimate of drug-likeness (QED) is 0.188. The van der Waals surface area contributed by atoms with Crippen LogP contribution in [-0.2, 0) is 20.9 Å². The first-order valence-electron chi connectivity index (χ1n) is 14.4. The molecule has 0 bridgehead atoms. The monoisotopic (exact) mass is 636 g/mol. The van der Waals surface area contributed by atoms with E-state index in [1.807, 2.05) is 24.3 Å². The third-order valence-electron chi connectivity index (χ3n) is 7.90. The molecule has 0 aliphatic carbocycles. The first-order chi connectivity index (χ1) is 22.3. The van der Waals surface area contributed by atoms with E-state index >= 15 is 0 Å². The number of anilines is 2. The van der Waals surface area contributed by atoms with Gasteiger partial charge >= 0.3 is 0 Å². The molecule has 5 aromatic rings. The van der Waals surface area contributed by atoms with E-state index < -0.39 is 36.1 Å². The molecule has 1 unspecified atom stereocenters. The number of Topliss-reactive ketones (excluding diaryl/α,β-unsaturated/α-hetero) is 1. The third kappa shape index (κ3) is 5.78. The van der Waals surface area contributed by atoms with Gasteiger partial charge in [-0.3, -0.25) is 24.1 Å². The number of carbonyl (C=O) groups is 4.